The van der Waals surface area contributed by atoms with Crippen LogP contribution in [0.1, 0.15) is 15.9 Å². The van der Waals surface area contributed by atoms with E-state index < -0.39 is 5.69 Å². The topological polar surface area (TPSA) is 95.1 Å². The quantitative estimate of drug-likeness (QED) is 0.691. The number of hydrogen-bond donors (Lipinski definition) is 3. The lowest BCUT2D eigenvalue weighted by Crippen LogP contribution is -2.18. The first-order valence-corrected chi connectivity index (χ1v) is 7.31. The van der Waals surface area contributed by atoms with Crippen molar-refractivity contribution in [1.29, 1.82) is 0 Å². The van der Waals surface area contributed by atoms with Gasteiger partial charge in [-0.25, -0.2) is 4.79 Å². The molecule has 3 rings (SSSR count). The van der Waals surface area contributed by atoms with Crippen LogP contribution in [0.3, 0.4) is 0 Å². The number of aromatic nitrogens is 2. The fourth-order valence-corrected chi connectivity index (χ4v) is 2.28. The number of amides is 1. The summed E-state index contributed by atoms with van der Waals surface area (Å²) in [6.07, 6.45) is 0. The number of aromatic amines is 1. The molecule has 0 saturated heterocycles. The summed E-state index contributed by atoms with van der Waals surface area (Å²) in [6, 6.07) is 15.2. The van der Waals surface area contributed by atoms with E-state index in [-0.39, 0.29) is 17.5 Å². The van der Waals surface area contributed by atoms with E-state index in [1.807, 2.05) is 6.07 Å². The van der Waals surface area contributed by atoms with Gasteiger partial charge in [-0.05, 0) is 48.4 Å². The van der Waals surface area contributed by atoms with Gasteiger partial charge in [-0.1, -0.05) is 18.2 Å². The van der Waals surface area contributed by atoms with Crippen LogP contribution < -0.4 is 11.0 Å². The molecule has 0 unspecified atom stereocenters. The Bertz CT molecular complexity index is 949. The lowest BCUT2D eigenvalue weighted by atomic mass is 10.1. The third-order valence-corrected chi connectivity index (χ3v) is 3.53. The number of carbonyl (C=O) groups is 1. The van der Waals surface area contributed by atoms with Crippen LogP contribution in [-0.2, 0) is 0 Å². The smallest absolute Gasteiger partial charge is 0.347 e. The second kappa shape index (κ2) is 6.37. The lowest BCUT2D eigenvalue weighted by molar-refractivity contribution is 0.102. The maximum Gasteiger partial charge on any atom is 0.347 e. The number of aromatic hydroxyl groups is 1. The Kier molecular flexibility index (Phi) is 4.11. The molecule has 0 bridgehead atoms. The van der Waals surface area contributed by atoms with Gasteiger partial charge >= 0.3 is 5.69 Å². The van der Waals surface area contributed by atoms with Gasteiger partial charge in [0.1, 0.15) is 11.6 Å². The van der Waals surface area contributed by atoms with E-state index in [4.69, 9.17) is 0 Å². The lowest BCUT2D eigenvalue weighted by Gasteiger charge is -2.08. The van der Waals surface area contributed by atoms with Crippen LogP contribution in [0.15, 0.2) is 59.4 Å². The molecule has 3 N–H and O–H groups in total. The summed E-state index contributed by atoms with van der Waals surface area (Å²) >= 11 is 0. The monoisotopic (exact) mass is 321 g/mol. The molecule has 0 saturated carbocycles. The Morgan fingerprint density at radius 1 is 1.12 bits per heavy atom. The van der Waals surface area contributed by atoms with E-state index in [0.717, 1.165) is 0 Å². The zero-order chi connectivity index (χ0) is 17.1. The largest absolute Gasteiger partial charge is 0.508 e. The number of nitrogens with zero attached hydrogens (tertiary/aromatic N) is 1. The van der Waals surface area contributed by atoms with Crippen LogP contribution in [0.4, 0.5) is 5.82 Å². The molecule has 24 heavy (non-hydrogen) atoms. The predicted octanol–water partition coefficient (Wildman–Crippen LogP) is 2.70. The fourth-order valence-electron chi connectivity index (χ4n) is 2.28. The Labute approximate surface area is 137 Å². The molecule has 0 fully saturated rings. The average Bonchev–Trinajstić information content (AvgIpc) is 2.57. The van der Waals surface area contributed by atoms with Crippen molar-refractivity contribution < 1.29 is 9.90 Å². The van der Waals surface area contributed by atoms with E-state index >= 15 is 0 Å². The number of aryl methyl sites for hydroxylation is 1. The number of rotatable bonds is 3. The molecule has 0 aliphatic rings. The molecular weight excluding hydrogens is 306 g/mol. The van der Waals surface area contributed by atoms with Gasteiger partial charge in [0.25, 0.3) is 5.91 Å². The maximum atomic E-state index is 12.2. The third kappa shape index (κ3) is 3.33. The molecule has 0 atom stereocenters. The van der Waals surface area contributed by atoms with Crippen LogP contribution in [0.25, 0.3) is 11.3 Å². The SMILES string of the molecule is Cc1cc(-c2cc(NC(=O)c3ccccc3)nc(=O)[nH]2)ccc1O. The van der Waals surface area contributed by atoms with Gasteiger partial charge in [0.05, 0.1) is 5.69 Å². The third-order valence-electron chi connectivity index (χ3n) is 3.53. The van der Waals surface area contributed by atoms with Crippen LogP contribution in [0, 0.1) is 6.92 Å². The zero-order valence-corrected chi connectivity index (χ0v) is 12.9. The van der Waals surface area contributed by atoms with E-state index in [1.54, 1.807) is 55.5 Å². The minimum absolute atomic E-state index is 0.160. The highest BCUT2D eigenvalue weighted by atomic mass is 16.3. The van der Waals surface area contributed by atoms with Gasteiger partial charge in [0.15, 0.2) is 0 Å². The summed E-state index contributed by atoms with van der Waals surface area (Å²) in [5.41, 5.74) is 1.80. The molecule has 120 valence electrons. The molecule has 0 radical (unpaired) electrons. The zero-order valence-electron chi connectivity index (χ0n) is 12.9. The second-order valence-corrected chi connectivity index (χ2v) is 5.31. The van der Waals surface area contributed by atoms with Crippen molar-refractivity contribution in [2.45, 2.75) is 6.92 Å². The highest BCUT2D eigenvalue weighted by molar-refractivity contribution is 6.03. The van der Waals surface area contributed by atoms with Gasteiger partial charge in [-0.15, -0.1) is 0 Å². The van der Waals surface area contributed by atoms with E-state index in [1.165, 1.54) is 0 Å². The number of carbonyl (C=O) groups excluding carboxylic acids is 1. The van der Waals surface area contributed by atoms with E-state index in [0.29, 0.717) is 22.4 Å². The molecule has 1 aromatic heterocycles. The van der Waals surface area contributed by atoms with Crippen molar-refractivity contribution in [2.24, 2.45) is 0 Å². The number of hydrogen-bond acceptors (Lipinski definition) is 4. The summed E-state index contributed by atoms with van der Waals surface area (Å²) in [5.74, 6) is -0.0115. The molecule has 1 amide bonds. The standard InChI is InChI=1S/C18H15N3O3/c1-11-9-13(7-8-15(11)22)14-10-16(21-18(24)19-14)20-17(23)12-5-3-2-4-6-12/h2-10,22H,1H3,(H2,19,20,21,23,24). The molecule has 0 spiro atoms. The van der Waals surface area contributed by atoms with Crippen molar-refractivity contribution in [3.63, 3.8) is 0 Å². The van der Waals surface area contributed by atoms with Gasteiger partial charge in [-0.2, -0.15) is 4.98 Å². The van der Waals surface area contributed by atoms with Crippen molar-refractivity contribution >= 4 is 11.7 Å². The molecule has 0 aliphatic heterocycles. The molecule has 6 heteroatoms. The number of phenols is 1. The fraction of sp³-hybridized carbons (Fsp3) is 0.0556. The minimum atomic E-state index is -0.568. The number of anilines is 1. The summed E-state index contributed by atoms with van der Waals surface area (Å²) in [6.45, 7) is 1.76. The van der Waals surface area contributed by atoms with E-state index in [9.17, 15) is 14.7 Å². The first-order valence-electron chi connectivity index (χ1n) is 7.31. The summed E-state index contributed by atoms with van der Waals surface area (Å²) < 4.78 is 0. The summed E-state index contributed by atoms with van der Waals surface area (Å²) in [5, 5.41) is 12.2. The van der Waals surface area contributed by atoms with E-state index in [2.05, 4.69) is 15.3 Å². The number of H-pyrrole nitrogens is 1. The van der Waals surface area contributed by atoms with Crippen LogP contribution in [0.5, 0.6) is 5.75 Å². The highest BCUT2D eigenvalue weighted by Crippen LogP contribution is 2.24. The highest BCUT2D eigenvalue weighted by Gasteiger charge is 2.09. The summed E-state index contributed by atoms with van der Waals surface area (Å²) in [7, 11) is 0. The van der Waals surface area contributed by atoms with Gasteiger partial charge in [0.2, 0.25) is 0 Å². The Morgan fingerprint density at radius 2 is 1.88 bits per heavy atom. The van der Waals surface area contributed by atoms with Crippen LogP contribution >= 0.6 is 0 Å². The number of phenolic OH excluding ortho intramolecular Hbond substituents is 1. The van der Waals surface area contributed by atoms with Crippen LogP contribution in [0.2, 0.25) is 0 Å². The molecule has 3 aromatic rings. The van der Waals surface area contributed by atoms with Crippen molar-refractivity contribution in [3.8, 4) is 17.0 Å². The van der Waals surface area contributed by atoms with Gasteiger partial charge in [-0.3, -0.25) is 4.79 Å². The Hall–Kier alpha value is -3.41. The predicted molar refractivity (Wildman–Crippen MR) is 91.1 cm³/mol. The first kappa shape index (κ1) is 15.5. The van der Waals surface area contributed by atoms with Crippen molar-refractivity contribution in [3.05, 3.63) is 76.2 Å². The van der Waals surface area contributed by atoms with Crippen molar-refractivity contribution in [1.82, 2.24) is 9.97 Å². The molecule has 0 aliphatic carbocycles. The van der Waals surface area contributed by atoms with Crippen LogP contribution in [-0.4, -0.2) is 21.0 Å². The molecular formula is C18H15N3O3. The van der Waals surface area contributed by atoms with Gasteiger partial charge < -0.3 is 15.4 Å². The van der Waals surface area contributed by atoms with Gasteiger partial charge in [0, 0.05) is 11.6 Å². The van der Waals surface area contributed by atoms with Crippen molar-refractivity contribution in [2.75, 3.05) is 5.32 Å². The molecule has 6 nitrogen and oxygen atoms in total. The second-order valence-electron chi connectivity index (χ2n) is 5.31. The number of benzene rings is 2. The number of nitrogens with one attached hydrogen (secondary N) is 2. The molecule has 1 heterocycles. The first-order chi connectivity index (χ1) is 11.5. The Balaban J connectivity index is 1.93. The average molecular weight is 321 g/mol. The normalized spacial score (nSPS) is 10.4. The summed E-state index contributed by atoms with van der Waals surface area (Å²) in [4.78, 5) is 30.4. The minimum Gasteiger partial charge on any atom is -0.508 e. The molecule has 2 aromatic carbocycles. The maximum absolute atomic E-state index is 12.2. The Morgan fingerprint density at radius 3 is 2.58 bits per heavy atom.